The molecular formula is C43H64N6O6. The maximum Gasteiger partial charge on any atom is 0.268 e. The number of anilines is 1. The molecule has 302 valence electrons. The van der Waals surface area contributed by atoms with Crippen molar-refractivity contribution in [3.63, 3.8) is 0 Å². The molecule has 1 aliphatic carbocycles. The largest absolute Gasteiger partial charge is 0.379 e. The summed E-state index contributed by atoms with van der Waals surface area (Å²) < 4.78 is 12.5. The Balaban J connectivity index is 1.11. The predicted molar refractivity (Wildman–Crippen MR) is 218 cm³/mol. The maximum atomic E-state index is 13.7. The molecule has 55 heavy (non-hydrogen) atoms. The molecule has 1 heterocycles. The Morgan fingerprint density at radius 3 is 2.20 bits per heavy atom. The van der Waals surface area contributed by atoms with Gasteiger partial charge in [-0.1, -0.05) is 62.9 Å². The molecule has 12 nitrogen and oxygen atoms in total. The predicted octanol–water partition coefficient (Wildman–Crippen LogP) is 5.50. The van der Waals surface area contributed by atoms with E-state index in [9.17, 15) is 19.2 Å². The van der Waals surface area contributed by atoms with Gasteiger partial charge in [-0.25, -0.2) is 0 Å². The van der Waals surface area contributed by atoms with Gasteiger partial charge in [0, 0.05) is 61.1 Å². The maximum absolute atomic E-state index is 13.7. The molecule has 0 unspecified atom stereocenters. The summed E-state index contributed by atoms with van der Waals surface area (Å²) in [5, 5.41) is 10.2. The summed E-state index contributed by atoms with van der Waals surface area (Å²) in [6, 6.07) is 17.7. The minimum atomic E-state index is -0.195. The topological polar surface area (TPSA) is 157 Å². The first kappa shape index (κ1) is 43.5. The summed E-state index contributed by atoms with van der Waals surface area (Å²) in [7, 11) is 0. The van der Waals surface area contributed by atoms with Crippen molar-refractivity contribution in [2.45, 2.75) is 103 Å². The summed E-state index contributed by atoms with van der Waals surface area (Å²) >= 11 is 0. The van der Waals surface area contributed by atoms with E-state index in [0.717, 1.165) is 87.2 Å². The lowest BCUT2D eigenvalue weighted by atomic mass is 9.85. The molecule has 0 saturated heterocycles. The molecule has 0 radical (unpaired) electrons. The molecule has 1 aromatic heterocycles. The van der Waals surface area contributed by atoms with Crippen LogP contribution in [0.2, 0.25) is 0 Å². The van der Waals surface area contributed by atoms with Gasteiger partial charge < -0.3 is 40.6 Å². The highest BCUT2D eigenvalue weighted by atomic mass is 16.5. The third-order valence-electron chi connectivity index (χ3n) is 10.4. The second-order valence-electron chi connectivity index (χ2n) is 14.4. The van der Waals surface area contributed by atoms with Crippen molar-refractivity contribution in [3.8, 4) is 0 Å². The number of likely N-dealkylation sites (N-methyl/N-ethyl adjacent to an activating group) is 1. The van der Waals surface area contributed by atoms with E-state index >= 15 is 0 Å². The van der Waals surface area contributed by atoms with E-state index in [2.05, 4.69) is 35.0 Å². The molecule has 12 heteroatoms. The van der Waals surface area contributed by atoms with Crippen LogP contribution in [0.1, 0.15) is 101 Å². The second kappa shape index (κ2) is 24.3. The molecule has 0 spiro atoms. The number of rotatable bonds is 25. The molecule has 1 fully saturated rings. The number of aromatic nitrogens is 1. The van der Waals surface area contributed by atoms with Crippen LogP contribution in [0.15, 0.2) is 54.6 Å². The van der Waals surface area contributed by atoms with Crippen molar-refractivity contribution < 1.29 is 28.7 Å². The van der Waals surface area contributed by atoms with E-state index in [1.54, 1.807) is 4.90 Å². The van der Waals surface area contributed by atoms with Crippen LogP contribution >= 0.6 is 0 Å². The average molecular weight is 761 g/mol. The number of carbonyl (C=O) groups excluding carboxylic acids is 4. The minimum Gasteiger partial charge on any atom is -0.379 e. The van der Waals surface area contributed by atoms with E-state index in [0.29, 0.717) is 64.7 Å². The van der Waals surface area contributed by atoms with E-state index in [4.69, 9.17) is 15.2 Å². The fourth-order valence-corrected chi connectivity index (χ4v) is 7.20. The highest BCUT2D eigenvalue weighted by Crippen LogP contribution is 2.26. The fraction of sp³-hybridized carbons (Fsp3) is 0.581. The molecule has 4 rings (SSSR count). The Morgan fingerprint density at radius 2 is 1.49 bits per heavy atom. The average Bonchev–Trinajstić information content (AvgIpc) is 3.57. The molecule has 0 atom stereocenters. The number of aryl methyl sites for hydroxylation is 1. The van der Waals surface area contributed by atoms with Gasteiger partial charge in [0.1, 0.15) is 12.2 Å². The van der Waals surface area contributed by atoms with Crippen molar-refractivity contribution in [3.05, 3.63) is 65.9 Å². The van der Waals surface area contributed by atoms with E-state index < -0.39 is 0 Å². The van der Waals surface area contributed by atoms with Crippen LogP contribution in [-0.2, 0) is 36.8 Å². The number of amides is 4. The van der Waals surface area contributed by atoms with Crippen LogP contribution in [0.25, 0.3) is 10.9 Å². The quantitative estimate of drug-likeness (QED) is 0.0832. The first-order valence-electron chi connectivity index (χ1n) is 20.5. The number of nitrogens with one attached hydrogen (secondary N) is 3. The number of ether oxygens (including phenoxy) is 2. The zero-order valence-corrected chi connectivity index (χ0v) is 33.1. The van der Waals surface area contributed by atoms with Crippen molar-refractivity contribution in [2.75, 3.05) is 57.5 Å². The Morgan fingerprint density at radius 1 is 0.800 bits per heavy atom. The third kappa shape index (κ3) is 14.4. The van der Waals surface area contributed by atoms with Gasteiger partial charge in [0.15, 0.2) is 0 Å². The van der Waals surface area contributed by atoms with Gasteiger partial charge >= 0.3 is 0 Å². The Bertz CT molecular complexity index is 1630. The summed E-state index contributed by atoms with van der Waals surface area (Å²) in [4.78, 5) is 54.1. The number of fused-ring (bicyclic) bond motifs is 1. The third-order valence-corrected chi connectivity index (χ3v) is 10.4. The molecule has 2 aromatic carbocycles. The van der Waals surface area contributed by atoms with Gasteiger partial charge in [0.2, 0.25) is 17.7 Å². The number of nitrogens with two attached hydrogens (primary N) is 1. The van der Waals surface area contributed by atoms with Gasteiger partial charge in [0.25, 0.3) is 5.91 Å². The Kier molecular flexibility index (Phi) is 19.2. The highest BCUT2D eigenvalue weighted by Gasteiger charge is 2.28. The first-order valence-corrected chi connectivity index (χ1v) is 20.5. The van der Waals surface area contributed by atoms with Gasteiger partial charge in [-0.05, 0) is 81.7 Å². The fourth-order valence-electron chi connectivity index (χ4n) is 7.20. The van der Waals surface area contributed by atoms with Crippen LogP contribution in [0.5, 0.6) is 0 Å². The Hall–Kier alpha value is -4.26. The molecule has 4 amide bonds. The number of unbranched alkanes of at least 4 members (excludes halogenated alkanes) is 5. The normalized spacial score (nSPS) is 15.5. The number of para-hydroxylation sites is 1. The van der Waals surface area contributed by atoms with Crippen molar-refractivity contribution in [1.29, 1.82) is 0 Å². The van der Waals surface area contributed by atoms with Crippen molar-refractivity contribution in [1.82, 2.24) is 20.5 Å². The second-order valence-corrected chi connectivity index (χ2v) is 14.4. The zero-order chi connectivity index (χ0) is 39.3. The van der Waals surface area contributed by atoms with E-state index in [-0.39, 0.29) is 42.1 Å². The Labute approximate surface area is 327 Å². The standard InChI is InChI=1S/C43H64N6O6/c1-3-33-14-13-16-37(30-33)48(4-2)41(51)32-49-38-17-10-9-15-35(38)31-39(49)43(53)47-36-20-18-34(19-21-36)42(52)46-25-12-8-6-5-7-11-24-45-40(50)22-26-54-28-29-55-27-23-44/h9-10,13-17,30-31,34,36H,3-8,11-12,18-29,32,44H2,1-2H3,(H,45,50)(H,46,52)(H,47,53). The molecule has 3 aromatic rings. The van der Waals surface area contributed by atoms with Gasteiger partial charge in [-0.15, -0.1) is 0 Å². The molecular weight excluding hydrogens is 697 g/mol. The van der Waals surface area contributed by atoms with Crippen molar-refractivity contribution in [2.24, 2.45) is 11.7 Å². The van der Waals surface area contributed by atoms with E-state index in [1.165, 1.54) is 5.56 Å². The zero-order valence-electron chi connectivity index (χ0n) is 33.1. The molecule has 0 bridgehead atoms. The van der Waals surface area contributed by atoms with Crippen LogP contribution < -0.4 is 26.6 Å². The lowest BCUT2D eigenvalue weighted by Crippen LogP contribution is -2.42. The summed E-state index contributed by atoms with van der Waals surface area (Å²) in [5.74, 6) is -0.194. The molecule has 5 N–H and O–H groups in total. The lowest BCUT2D eigenvalue weighted by molar-refractivity contribution is -0.126. The minimum absolute atomic E-state index is 0.00903. The SMILES string of the molecule is CCc1cccc(N(CC)C(=O)Cn2c(C(=O)NC3CCC(C(=O)NCCCCCCCCNC(=O)CCOCCOCCN)CC3)cc3ccccc32)c1. The monoisotopic (exact) mass is 760 g/mol. The number of hydrogen-bond donors (Lipinski definition) is 4. The summed E-state index contributed by atoms with van der Waals surface area (Å²) in [6.45, 7) is 8.36. The highest BCUT2D eigenvalue weighted by molar-refractivity contribution is 6.01. The first-order chi connectivity index (χ1) is 26.8. The van der Waals surface area contributed by atoms with Crippen molar-refractivity contribution >= 4 is 40.2 Å². The van der Waals surface area contributed by atoms with Gasteiger partial charge in [-0.2, -0.15) is 0 Å². The molecule has 0 aliphatic heterocycles. The van der Waals surface area contributed by atoms with E-state index in [1.807, 2.05) is 54.0 Å². The number of hydrogen-bond acceptors (Lipinski definition) is 7. The molecule has 1 aliphatic rings. The lowest BCUT2D eigenvalue weighted by Gasteiger charge is -2.28. The number of carbonyl (C=O) groups is 4. The van der Waals surface area contributed by atoms with Crippen LogP contribution in [0, 0.1) is 5.92 Å². The van der Waals surface area contributed by atoms with Crippen LogP contribution in [0.4, 0.5) is 5.69 Å². The summed E-state index contributed by atoms with van der Waals surface area (Å²) in [5.41, 5.74) is 8.71. The smallest absolute Gasteiger partial charge is 0.268 e. The number of nitrogens with zero attached hydrogens (tertiary/aromatic N) is 2. The van der Waals surface area contributed by atoms with Crippen LogP contribution in [-0.4, -0.2) is 86.8 Å². The van der Waals surface area contributed by atoms with Gasteiger partial charge in [0.05, 0.1) is 26.4 Å². The van der Waals surface area contributed by atoms with Gasteiger partial charge in [-0.3, -0.25) is 19.2 Å². The summed E-state index contributed by atoms with van der Waals surface area (Å²) in [6.07, 6.45) is 10.4. The molecule has 1 saturated carbocycles. The van der Waals surface area contributed by atoms with Crippen LogP contribution in [0.3, 0.4) is 0 Å². The number of benzene rings is 2.